The molecule has 0 radical (unpaired) electrons. The first-order valence-corrected chi connectivity index (χ1v) is 7.95. The molecular weight excluding hydrogens is 336 g/mol. The van der Waals surface area contributed by atoms with Crippen LogP contribution in [0.3, 0.4) is 0 Å². The Morgan fingerprint density at radius 1 is 1.38 bits per heavy atom. The average molecular weight is 352 g/mol. The summed E-state index contributed by atoms with van der Waals surface area (Å²) >= 11 is 0. The van der Waals surface area contributed by atoms with Gasteiger partial charge in [-0.1, -0.05) is 12.1 Å². The number of hydrogen-bond acceptors (Lipinski definition) is 7. The number of para-hydroxylation sites is 1. The van der Waals surface area contributed by atoms with Crippen molar-refractivity contribution in [1.29, 1.82) is 5.26 Å². The summed E-state index contributed by atoms with van der Waals surface area (Å²) in [4.78, 5) is 25.4. The van der Waals surface area contributed by atoms with Crippen molar-refractivity contribution in [3.05, 3.63) is 69.1 Å². The molecule has 7 nitrogen and oxygen atoms in total. The molecule has 1 atom stereocenters. The summed E-state index contributed by atoms with van der Waals surface area (Å²) in [6, 6.07) is 8.65. The van der Waals surface area contributed by atoms with Gasteiger partial charge >= 0.3 is 5.97 Å². The van der Waals surface area contributed by atoms with Crippen LogP contribution in [0.15, 0.2) is 62.5 Å². The standard InChI is InChI=1S/C19H16N2O5/c1-3-24-19(23)15-10(2)26-18(21)12(8-20)16(15)13-9-25-14-7-5-4-6-11(14)17(13)22/h4-7,9,16H,3,21H2,1-2H3/t16-/m0/s1. The third-order valence-electron chi connectivity index (χ3n) is 4.12. The topological polar surface area (TPSA) is 116 Å². The predicted molar refractivity (Wildman–Crippen MR) is 92.5 cm³/mol. The van der Waals surface area contributed by atoms with Gasteiger partial charge in [-0.3, -0.25) is 4.79 Å². The van der Waals surface area contributed by atoms with Crippen LogP contribution in [-0.2, 0) is 14.3 Å². The highest BCUT2D eigenvalue weighted by molar-refractivity contribution is 5.93. The molecule has 132 valence electrons. The van der Waals surface area contributed by atoms with E-state index in [1.807, 2.05) is 6.07 Å². The van der Waals surface area contributed by atoms with Crippen molar-refractivity contribution in [1.82, 2.24) is 0 Å². The number of nitrogens with zero attached hydrogens (tertiary/aromatic N) is 1. The Morgan fingerprint density at radius 3 is 2.81 bits per heavy atom. The molecule has 1 aromatic heterocycles. The fraction of sp³-hybridized carbons (Fsp3) is 0.211. The van der Waals surface area contributed by atoms with Crippen molar-refractivity contribution < 1.29 is 18.7 Å². The largest absolute Gasteiger partial charge is 0.464 e. The second-order valence-electron chi connectivity index (χ2n) is 5.63. The van der Waals surface area contributed by atoms with E-state index in [1.165, 1.54) is 13.2 Å². The Hall–Kier alpha value is -3.53. The number of nitriles is 1. The average Bonchev–Trinajstić information content (AvgIpc) is 2.62. The lowest BCUT2D eigenvalue weighted by molar-refractivity contribution is -0.139. The fourth-order valence-corrected chi connectivity index (χ4v) is 2.96. The summed E-state index contributed by atoms with van der Waals surface area (Å²) in [6.07, 6.45) is 1.25. The number of hydrogen-bond donors (Lipinski definition) is 1. The first-order chi connectivity index (χ1) is 12.5. The Morgan fingerprint density at radius 2 is 2.12 bits per heavy atom. The van der Waals surface area contributed by atoms with Crippen LogP contribution in [0.25, 0.3) is 11.0 Å². The molecule has 0 fully saturated rings. The van der Waals surface area contributed by atoms with Crippen LogP contribution in [0.2, 0.25) is 0 Å². The monoisotopic (exact) mass is 352 g/mol. The zero-order chi connectivity index (χ0) is 18.8. The van der Waals surface area contributed by atoms with Gasteiger partial charge in [-0.25, -0.2) is 4.79 Å². The molecule has 2 N–H and O–H groups in total. The zero-order valence-corrected chi connectivity index (χ0v) is 14.2. The maximum Gasteiger partial charge on any atom is 0.338 e. The third-order valence-corrected chi connectivity index (χ3v) is 4.12. The highest BCUT2D eigenvalue weighted by atomic mass is 16.5. The fourth-order valence-electron chi connectivity index (χ4n) is 2.96. The Bertz CT molecular complexity index is 1060. The van der Waals surface area contributed by atoms with Crippen molar-refractivity contribution in [2.24, 2.45) is 5.73 Å². The summed E-state index contributed by atoms with van der Waals surface area (Å²) in [6.45, 7) is 3.32. The minimum Gasteiger partial charge on any atom is -0.464 e. The van der Waals surface area contributed by atoms with E-state index in [1.54, 1.807) is 31.2 Å². The molecule has 2 heterocycles. The van der Waals surface area contributed by atoms with E-state index < -0.39 is 11.9 Å². The van der Waals surface area contributed by atoms with Gasteiger partial charge in [0.1, 0.15) is 23.0 Å². The van der Waals surface area contributed by atoms with Gasteiger partial charge in [-0.2, -0.15) is 5.26 Å². The Kier molecular flexibility index (Phi) is 4.50. The minimum absolute atomic E-state index is 0.0405. The van der Waals surface area contributed by atoms with Crippen LogP contribution in [0.1, 0.15) is 25.3 Å². The Labute approximate surface area is 148 Å². The van der Waals surface area contributed by atoms with Crippen LogP contribution in [0, 0.1) is 11.3 Å². The Balaban J connectivity index is 2.28. The molecule has 0 saturated heterocycles. The molecule has 7 heteroatoms. The normalized spacial score (nSPS) is 17.0. The highest BCUT2D eigenvalue weighted by Gasteiger charge is 2.38. The van der Waals surface area contributed by atoms with Crippen molar-refractivity contribution >= 4 is 16.9 Å². The van der Waals surface area contributed by atoms with E-state index in [-0.39, 0.29) is 40.4 Å². The number of rotatable bonds is 3. The molecule has 1 aromatic carbocycles. The van der Waals surface area contributed by atoms with Crippen molar-refractivity contribution in [2.75, 3.05) is 6.61 Å². The molecule has 0 bridgehead atoms. The predicted octanol–water partition coefficient (Wildman–Crippen LogP) is 2.44. The summed E-state index contributed by atoms with van der Waals surface area (Å²) < 4.78 is 15.9. The highest BCUT2D eigenvalue weighted by Crippen LogP contribution is 2.38. The number of esters is 1. The van der Waals surface area contributed by atoms with Crippen molar-refractivity contribution in [3.8, 4) is 6.07 Å². The minimum atomic E-state index is -1.02. The molecule has 0 spiro atoms. The van der Waals surface area contributed by atoms with Crippen LogP contribution in [0.5, 0.6) is 0 Å². The van der Waals surface area contributed by atoms with Gasteiger partial charge in [0.15, 0.2) is 5.43 Å². The number of ether oxygens (including phenoxy) is 2. The second kappa shape index (κ2) is 6.76. The van der Waals surface area contributed by atoms with Gasteiger partial charge in [-0.15, -0.1) is 0 Å². The van der Waals surface area contributed by atoms with Gasteiger partial charge in [-0.05, 0) is 26.0 Å². The van der Waals surface area contributed by atoms with E-state index in [0.29, 0.717) is 11.0 Å². The zero-order valence-electron chi connectivity index (χ0n) is 14.2. The molecule has 3 rings (SSSR count). The molecule has 0 saturated carbocycles. The molecule has 2 aromatic rings. The smallest absolute Gasteiger partial charge is 0.338 e. The second-order valence-corrected chi connectivity index (χ2v) is 5.63. The maximum absolute atomic E-state index is 13.0. The van der Waals surface area contributed by atoms with Crippen LogP contribution < -0.4 is 11.2 Å². The van der Waals surface area contributed by atoms with Gasteiger partial charge in [0.2, 0.25) is 5.88 Å². The van der Waals surface area contributed by atoms with Crippen LogP contribution in [0.4, 0.5) is 0 Å². The van der Waals surface area contributed by atoms with Crippen LogP contribution >= 0.6 is 0 Å². The molecule has 0 unspecified atom stereocenters. The number of benzene rings is 1. The molecule has 0 aliphatic carbocycles. The lowest BCUT2D eigenvalue weighted by atomic mass is 9.83. The summed E-state index contributed by atoms with van der Waals surface area (Å²) in [7, 11) is 0. The number of carbonyl (C=O) groups excluding carboxylic acids is 1. The molecular formula is C19H16N2O5. The number of carbonyl (C=O) groups is 1. The molecule has 1 aliphatic rings. The van der Waals surface area contributed by atoms with Gasteiger partial charge in [0.05, 0.1) is 29.7 Å². The first kappa shape index (κ1) is 17.3. The lowest BCUT2D eigenvalue weighted by Crippen LogP contribution is -2.28. The van der Waals surface area contributed by atoms with E-state index in [2.05, 4.69) is 0 Å². The first-order valence-electron chi connectivity index (χ1n) is 7.95. The van der Waals surface area contributed by atoms with Crippen LogP contribution in [-0.4, -0.2) is 12.6 Å². The SMILES string of the molecule is CCOC(=O)C1=C(C)OC(N)=C(C#N)[C@H]1c1coc2ccccc2c1=O. The molecule has 1 aliphatic heterocycles. The van der Waals surface area contributed by atoms with E-state index in [9.17, 15) is 14.9 Å². The van der Waals surface area contributed by atoms with Gasteiger partial charge in [0, 0.05) is 5.56 Å². The van der Waals surface area contributed by atoms with Crippen molar-refractivity contribution in [2.45, 2.75) is 19.8 Å². The molecule has 26 heavy (non-hydrogen) atoms. The summed E-state index contributed by atoms with van der Waals surface area (Å²) in [5.41, 5.74) is 6.01. The van der Waals surface area contributed by atoms with Crippen molar-refractivity contribution in [3.63, 3.8) is 0 Å². The number of allylic oxidation sites excluding steroid dienone is 2. The van der Waals surface area contributed by atoms with E-state index in [0.717, 1.165) is 0 Å². The van der Waals surface area contributed by atoms with E-state index >= 15 is 0 Å². The van der Waals surface area contributed by atoms with Gasteiger partial charge < -0.3 is 19.6 Å². The maximum atomic E-state index is 13.0. The number of nitrogens with two attached hydrogens (primary N) is 1. The number of fused-ring (bicyclic) bond motifs is 1. The third kappa shape index (κ3) is 2.71. The van der Waals surface area contributed by atoms with E-state index in [4.69, 9.17) is 19.6 Å². The summed E-state index contributed by atoms with van der Waals surface area (Å²) in [5, 5.41) is 9.88. The molecule has 0 amide bonds. The lowest BCUT2D eigenvalue weighted by Gasteiger charge is -2.26. The van der Waals surface area contributed by atoms with Gasteiger partial charge in [0.25, 0.3) is 0 Å². The summed E-state index contributed by atoms with van der Waals surface area (Å²) in [5.74, 6) is -1.68. The quantitative estimate of drug-likeness (QED) is 0.843.